The second-order valence-corrected chi connectivity index (χ2v) is 3.74. The minimum Gasteiger partial charge on any atom is -0.368 e. The van der Waals surface area contributed by atoms with Gasteiger partial charge in [0.05, 0.1) is 6.61 Å². The van der Waals surface area contributed by atoms with Gasteiger partial charge in [-0.2, -0.15) is 0 Å². The highest BCUT2D eigenvalue weighted by molar-refractivity contribution is 5.79. The number of hydroxylamine groups is 1. The van der Waals surface area contributed by atoms with E-state index in [4.69, 9.17) is 9.57 Å². The minimum atomic E-state index is -0.337. The number of nitrogens with one attached hydrogen (secondary N) is 1. The van der Waals surface area contributed by atoms with E-state index in [2.05, 4.69) is 5.48 Å². The van der Waals surface area contributed by atoms with Gasteiger partial charge < -0.3 is 4.74 Å². The first-order chi connectivity index (χ1) is 7.86. The molecule has 1 aliphatic rings. The molecule has 1 unspecified atom stereocenters. The van der Waals surface area contributed by atoms with Gasteiger partial charge in [0.1, 0.15) is 6.10 Å². The maximum atomic E-state index is 11.5. The van der Waals surface area contributed by atoms with Crippen molar-refractivity contribution in [1.29, 1.82) is 0 Å². The summed E-state index contributed by atoms with van der Waals surface area (Å²) in [7, 11) is 0. The highest BCUT2D eigenvalue weighted by atomic mass is 16.7. The molecule has 1 saturated heterocycles. The molecule has 1 aromatic rings. The third kappa shape index (κ3) is 3.05. The molecular formula is C12H15NO3. The molecule has 16 heavy (non-hydrogen) atoms. The van der Waals surface area contributed by atoms with Crippen LogP contribution in [-0.2, 0) is 21.0 Å². The number of ether oxygens (including phenoxy) is 1. The van der Waals surface area contributed by atoms with Crippen molar-refractivity contribution in [2.24, 2.45) is 0 Å². The van der Waals surface area contributed by atoms with E-state index in [0.717, 1.165) is 18.4 Å². The van der Waals surface area contributed by atoms with Crippen LogP contribution >= 0.6 is 0 Å². The molecule has 4 nitrogen and oxygen atoms in total. The Kier molecular flexibility index (Phi) is 3.91. The van der Waals surface area contributed by atoms with Crippen molar-refractivity contribution in [3.8, 4) is 0 Å². The molecule has 0 bridgehead atoms. The summed E-state index contributed by atoms with van der Waals surface area (Å²) in [5.74, 6) is -0.187. The Balaban J connectivity index is 1.70. The van der Waals surface area contributed by atoms with E-state index >= 15 is 0 Å². The fraction of sp³-hybridized carbons (Fsp3) is 0.417. The number of benzene rings is 1. The molecule has 0 saturated carbocycles. The summed E-state index contributed by atoms with van der Waals surface area (Å²) in [5.41, 5.74) is 3.43. The van der Waals surface area contributed by atoms with Crippen LogP contribution in [0.4, 0.5) is 0 Å². The molecule has 86 valence electrons. The largest absolute Gasteiger partial charge is 0.368 e. The highest BCUT2D eigenvalue weighted by Crippen LogP contribution is 2.11. The summed E-state index contributed by atoms with van der Waals surface area (Å²) in [4.78, 5) is 16.6. The Morgan fingerprint density at radius 2 is 2.25 bits per heavy atom. The van der Waals surface area contributed by atoms with E-state index in [-0.39, 0.29) is 12.0 Å². The first-order valence-corrected chi connectivity index (χ1v) is 5.43. The molecule has 1 aliphatic heterocycles. The van der Waals surface area contributed by atoms with Gasteiger partial charge in [0, 0.05) is 6.61 Å². The lowest BCUT2D eigenvalue weighted by atomic mass is 10.2. The molecule has 0 aromatic heterocycles. The third-order valence-electron chi connectivity index (χ3n) is 2.48. The van der Waals surface area contributed by atoms with Crippen LogP contribution in [0.1, 0.15) is 18.4 Å². The Bertz CT molecular complexity index is 333. The third-order valence-corrected chi connectivity index (χ3v) is 2.48. The molecule has 0 spiro atoms. The molecule has 0 aliphatic carbocycles. The van der Waals surface area contributed by atoms with Crippen LogP contribution in [0.5, 0.6) is 0 Å². The van der Waals surface area contributed by atoms with Crippen molar-refractivity contribution >= 4 is 5.91 Å². The van der Waals surface area contributed by atoms with E-state index in [0.29, 0.717) is 13.2 Å². The normalized spacial score (nSPS) is 19.6. The van der Waals surface area contributed by atoms with E-state index < -0.39 is 0 Å². The van der Waals surface area contributed by atoms with Crippen molar-refractivity contribution in [2.75, 3.05) is 6.61 Å². The summed E-state index contributed by atoms with van der Waals surface area (Å²) in [6, 6.07) is 9.69. The lowest BCUT2D eigenvalue weighted by Crippen LogP contribution is -2.33. The quantitative estimate of drug-likeness (QED) is 0.782. The Hall–Kier alpha value is -1.39. The average molecular weight is 221 g/mol. The number of carbonyl (C=O) groups is 1. The first kappa shape index (κ1) is 11.1. The lowest BCUT2D eigenvalue weighted by molar-refractivity contribution is -0.144. The number of amides is 1. The Morgan fingerprint density at radius 3 is 2.94 bits per heavy atom. The van der Waals surface area contributed by atoms with Crippen molar-refractivity contribution in [2.45, 2.75) is 25.6 Å². The molecule has 0 radical (unpaired) electrons. The Morgan fingerprint density at radius 1 is 1.44 bits per heavy atom. The molecule has 1 aromatic carbocycles. The highest BCUT2D eigenvalue weighted by Gasteiger charge is 2.23. The van der Waals surface area contributed by atoms with E-state index in [1.807, 2.05) is 30.3 Å². The van der Waals surface area contributed by atoms with Crippen molar-refractivity contribution < 1.29 is 14.4 Å². The van der Waals surface area contributed by atoms with E-state index in [1.54, 1.807) is 0 Å². The molecule has 1 N–H and O–H groups in total. The van der Waals surface area contributed by atoms with Crippen molar-refractivity contribution in [3.63, 3.8) is 0 Å². The van der Waals surface area contributed by atoms with E-state index in [1.165, 1.54) is 0 Å². The molecule has 4 heteroatoms. The van der Waals surface area contributed by atoms with Gasteiger partial charge in [-0.3, -0.25) is 9.63 Å². The van der Waals surface area contributed by atoms with Gasteiger partial charge in [0.25, 0.3) is 5.91 Å². The second kappa shape index (κ2) is 5.63. The van der Waals surface area contributed by atoms with Crippen LogP contribution in [0.2, 0.25) is 0 Å². The summed E-state index contributed by atoms with van der Waals surface area (Å²) in [6.07, 6.45) is 1.38. The summed E-state index contributed by atoms with van der Waals surface area (Å²) in [5, 5.41) is 0. The monoisotopic (exact) mass is 221 g/mol. The zero-order valence-corrected chi connectivity index (χ0v) is 9.02. The summed E-state index contributed by atoms with van der Waals surface area (Å²) in [6.45, 7) is 1.04. The minimum absolute atomic E-state index is 0.187. The Labute approximate surface area is 94.5 Å². The molecule has 1 atom stereocenters. The van der Waals surface area contributed by atoms with E-state index in [9.17, 15) is 4.79 Å². The van der Waals surface area contributed by atoms with Crippen LogP contribution < -0.4 is 5.48 Å². The van der Waals surface area contributed by atoms with Gasteiger partial charge in [0.2, 0.25) is 0 Å². The van der Waals surface area contributed by atoms with Gasteiger partial charge in [-0.25, -0.2) is 5.48 Å². The topological polar surface area (TPSA) is 47.6 Å². The molecular weight excluding hydrogens is 206 g/mol. The maximum absolute atomic E-state index is 11.5. The fourth-order valence-corrected chi connectivity index (χ4v) is 1.61. The van der Waals surface area contributed by atoms with Gasteiger partial charge in [-0.15, -0.1) is 0 Å². The molecule has 2 rings (SSSR count). The summed E-state index contributed by atoms with van der Waals surface area (Å²) >= 11 is 0. The molecule has 1 fully saturated rings. The van der Waals surface area contributed by atoms with Gasteiger partial charge >= 0.3 is 0 Å². The van der Waals surface area contributed by atoms with Crippen LogP contribution in [0.3, 0.4) is 0 Å². The van der Waals surface area contributed by atoms with Crippen LogP contribution in [-0.4, -0.2) is 18.6 Å². The smallest absolute Gasteiger partial charge is 0.272 e. The predicted octanol–water partition coefficient (Wildman–Crippen LogP) is 1.41. The van der Waals surface area contributed by atoms with Crippen molar-refractivity contribution in [3.05, 3.63) is 35.9 Å². The zero-order valence-electron chi connectivity index (χ0n) is 9.02. The average Bonchev–Trinajstić information content (AvgIpc) is 2.84. The first-order valence-electron chi connectivity index (χ1n) is 5.43. The number of rotatable bonds is 4. The number of hydrogen-bond donors (Lipinski definition) is 1. The summed E-state index contributed by atoms with van der Waals surface area (Å²) < 4.78 is 5.23. The van der Waals surface area contributed by atoms with Crippen molar-refractivity contribution in [1.82, 2.24) is 5.48 Å². The van der Waals surface area contributed by atoms with Gasteiger partial charge in [0.15, 0.2) is 0 Å². The fourth-order valence-electron chi connectivity index (χ4n) is 1.61. The molecule has 1 amide bonds. The van der Waals surface area contributed by atoms with Gasteiger partial charge in [-0.05, 0) is 18.4 Å². The second-order valence-electron chi connectivity index (χ2n) is 3.74. The predicted molar refractivity (Wildman–Crippen MR) is 58.3 cm³/mol. The van der Waals surface area contributed by atoms with Crippen LogP contribution in [0.15, 0.2) is 30.3 Å². The molecule has 1 heterocycles. The van der Waals surface area contributed by atoms with Crippen LogP contribution in [0.25, 0.3) is 0 Å². The zero-order chi connectivity index (χ0) is 11.2. The number of carbonyl (C=O) groups excluding carboxylic acids is 1. The SMILES string of the molecule is O=C(NOCc1ccccc1)C1CCCO1. The van der Waals surface area contributed by atoms with Crippen LogP contribution in [0, 0.1) is 0 Å². The van der Waals surface area contributed by atoms with Gasteiger partial charge in [-0.1, -0.05) is 30.3 Å². The standard InChI is InChI=1S/C12H15NO3/c14-12(11-7-4-8-15-11)13-16-9-10-5-2-1-3-6-10/h1-3,5-6,11H,4,7-9H2,(H,13,14). The maximum Gasteiger partial charge on any atom is 0.272 e. The number of hydrogen-bond acceptors (Lipinski definition) is 3. The lowest BCUT2D eigenvalue weighted by Gasteiger charge is -2.10.